The van der Waals surface area contributed by atoms with E-state index in [2.05, 4.69) is 6.92 Å². The van der Waals surface area contributed by atoms with Crippen LogP contribution in [0.25, 0.3) is 0 Å². The van der Waals surface area contributed by atoms with Gasteiger partial charge in [-0.1, -0.05) is 42.8 Å². The zero-order valence-electron chi connectivity index (χ0n) is 14.1. The summed E-state index contributed by atoms with van der Waals surface area (Å²) in [4.78, 5) is 23.9. The zero-order valence-corrected chi connectivity index (χ0v) is 14.8. The molecule has 0 aliphatic heterocycles. The zero-order chi connectivity index (χ0) is 18.4. The van der Waals surface area contributed by atoms with Crippen LogP contribution in [0, 0.1) is 10.1 Å². The number of likely N-dealkylation sites (N-methyl/N-ethyl adjacent to an activating group) is 1. The molecule has 0 N–H and O–H groups in total. The molecule has 2 aromatic carbocycles. The lowest BCUT2D eigenvalue weighted by atomic mass is 10.1. The molecule has 0 aliphatic rings. The average molecular weight is 363 g/mol. The first-order valence-corrected chi connectivity index (χ1v) is 8.17. The number of carbonyl (C=O) groups excluding carboxylic acids is 1. The van der Waals surface area contributed by atoms with Crippen molar-refractivity contribution in [1.82, 2.24) is 4.90 Å². The minimum atomic E-state index is -0.543. The normalized spacial score (nSPS) is 10.4. The number of rotatable bonds is 7. The van der Waals surface area contributed by atoms with Crippen LogP contribution in [0.15, 0.2) is 42.5 Å². The first kappa shape index (κ1) is 18.7. The van der Waals surface area contributed by atoms with Crippen molar-refractivity contribution >= 4 is 23.2 Å². The Hall–Kier alpha value is -2.60. The maximum absolute atomic E-state index is 12.2. The topological polar surface area (TPSA) is 72.7 Å². The third-order valence-corrected chi connectivity index (χ3v) is 4.05. The summed E-state index contributed by atoms with van der Waals surface area (Å²) < 4.78 is 5.38. The van der Waals surface area contributed by atoms with Crippen molar-refractivity contribution in [2.24, 2.45) is 0 Å². The smallest absolute Gasteiger partial charge is 0.271 e. The molecule has 1 amide bonds. The first-order valence-electron chi connectivity index (χ1n) is 7.79. The molecule has 0 radical (unpaired) electrons. The summed E-state index contributed by atoms with van der Waals surface area (Å²) in [6, 6.07) is 11.9. The Labute approximate surface area is 151 Å². The largest absolute Gasteiger partial charge is 0.482 e. The molecule has 0 bridgehead atoms. The number of aryl methyl sites for hydroxylation is 1. The van der Waals surface area contributed by atoms with E-state index in [1.807, 2.05) is 24.3 Å². The fourth-order valence-corrected chi connectivity index (χ4v) is 2.44. The van der Waals surface area contributed by atoms with Crippen LogP contribution in [-0.4, -0.2) is 29.4 Å². The van der Waals surface area contributed by atoms with Gasteiger partial charge in [0.2, 0.25) is 0 Å². The highest BCUT2D eigenvalue weighted by molar-refractivity contribution is 6.32. The first-order chi connectivity index (χ1) is 11.9. The van der Waals surface area contributed by atoms with E-state index < -0.39 is 4.92 Å². The fraction of sp³-hybridized carbons (Fsp3) is 0.278. The SMILES string of the molecule is CCc1ccc(CN(C)C(=O)COc2ccc([N+](=O)[O-])cc2Cl)cc1. The van der Waals surface area contributed by atoms with Gasteiger partial charge in [-0.25, -0.2) is 0 Å². The van der Waals surface area contributed by atoms with Crippen LogP contribution >= 0.6 is 11.6 Å². The molecule has 2 rings (SSSR count). The van der Waals surface area contributed by atoms with Crippen LogP contribution in [0.5, 0.6) is 5.75 Å². The molecule has 0 atom stereocenters. The summed E-state index contributed by atoms with van der Waals surface area (Å²) in [6.45, 7) is 2.37. The van der Waals surface area contributed by atoms with Crippen molar-refractivity contribution in [3.63, 3.8) is 0 Å². The monoisotopic (exact) mass is 362 g/mol. The second-order valence-electron chi connectivity index (χ2n) is 5.58. The van der Waals surface area contributed by atoms with E-state index in [-0.39, 0.29) is 29.0 Å². The molecule has 132 valence electrons. The molecular weight excluding hydrogens is 344 g/mol. The van der Waals surface area contributed by atoms with Gasteiger partial charge in [-0.05, 0) is 23.6 Å². The van der Waals surface area contributed by atoms with Gasteiger partial charge in [0.05, 0.1) is 9.95 Å². The average Bonchev–Trinajstić information content (AvgIpc) is 2.60. The van der Waals surface area contributed by atoms with Gasteiger partial charge in [0, 0.05) is 25.7 Å². The Morgan fingerprint density at radius 2 is 1.84 bits per heavy atom. The summed E-state index contributed by atoms with van der Waals surface area (Å²) >= 11 is 5.94. The molecule has 0 saturated heterocycles. The second kappa shape index (κ2) is 8.48. The number of hydrogen-bond donors (Lipinski definition) is 0. The van der Waals surface area contributed by atoms with E-state index in [9.17, 15) is 14.9 Å². The number of nitrogens with zero attached hydrogens (tertiary/aromatic N) is 2. The van der Waals surface area contributed by atoms with E-state index in [1.54, 1.807) is 11.9 Å². The third-order valence-electron chi connectivity index (χ3n) is 3.75. The maximum atomic E-state index is 12.2. The number of ether oxygens (including phenoxy) is 1. The maximum Gasteiger partial charge on any atom is 0.271 e. The molecule has 0 aromatic heterocycles. The molecule has 0 spiro atoms. The van der Waals surface area contributed by atoms with Gasteiger partial charge in [0.25, 0.3) is 11.6 Å². The number of carbonyl (C=O) groups is 1. The van der Waals surface area contributed by atoms with Crippen molar-refractivity contribution in [3.05, 3.63) is 68.7 Å². The van der Waals surface area contributed by atoms with Crippen molar-refractivity contribution in [2.75, 3.05) is 13.7 Å². The molecule has 7 heteroatoms. The summed E-state index contributed by atoms with van der Waals surface area (Å²) in [6.07, 6.45) is 0.971. The van der Waals surface area contributed by atoms with Gasteiger partial charge in [0.15, 0.2) is 6.61 Å². The van der Waals surface area contributed by atoms with E-state index >= 15 is 0 Å². The van der Waals surface area contributed by atoms with E-state index in [1.165, 1.54) is 23.8 Å². The molecule has 25 heavy (non-hydrogen) atoms. The number of non-ortho nitro benzene ring substituents is 1. The van der Waals surface area contributed by atoms with Gasteiger partial charge in [-0.15, -0.1) is 0 Å². The van der Waals surface area contributed by atoms with Crippen LogP contribution in [0.1, 0.15) is 18.1 Å². The van der Waals surface area contributed by atoms with Crippen molar-refractivity contribution in [3.8, 4) is 5.75 Å². The van der Waals surface area contributed by atoms with Crippen LogP contribution in [0.3, 0.4) is 0 Å². The Balaban J connectivity index is 1.91. The number of hydrogen-bond acceptors (Lipinski definition) is 4. The predicted octanol–water partition coefficient (Wildman–Crippen LogP) is 3.85. The van der Waals surface area contributed by atoms with Gasteiger partial charge in [-0.2, -0.15) is 0 Å². The molecule has 0 fully saturated rings. The van der Waals surface area contributed by atoms with Crippen LogP contribution in [0.2, 0.25) is 5.02 Å². The molecule has 0 aliphatic carbocycles. The highest BCUT2D eigenvalue weighted by atomic mass is 35.5. The molecule has 0 unspecified atom stereocenters. The van der Waals surface area contributed by atoms with Crippen LogP contribution in [-0.2, 0) is 17.8 Å². The van der Waals surface area contributed by atoms with Gasteiger partial charge in [0.1, 0.15) is 5.75 Å². The Bertz CT molecular complexity index is 762. The lowest BCUT2D eigenvalue weighted by Gasteiger charge is -2.18. The van der Waals surface area contributed by atoms with Gasteiger partial charge in [-0.3, -0.25) is 14.9 Å². The van der Waals surface area contributed by atoms with Crippen LogP contribution < -0.4 is 4.74 Å². The van der Waals surface area contributed by atoms with Crippen molar-refractivity contribution in [1.29, 1.82) is 0 Å². The lowest BCUT2D eigenvalue weighted by Crippen LogP contribution is -2.31. The van der Waals surface area contributed by atoms with Crippen molar-refractivity contribution < 1.29 is 14.5 Å². The Morgan fingerprint density at radius 3 is 2.40 bits per heavy atom. The molecule has 0 saturated carbocycles. The number of halogens is 1. The van der Waals surface area contributed by atoms with Gasteiger partial charge < -0.3 is 9.64 Å². The summed E-state index contributed by atoms with van der Waals surface area (Å²) in [5, 5.41) is 10.8. The minimum absolute atomic E-state index is 0.0970. The quantitative estimate of drug-likeness (QED) is 0.554. The van der Waals surface area contributed by atoms with Gasteiger partial charge >= 0.3 is 0 Å². The summed E-state index contributed by atoms with van der Waals surface area (Å²) in [7, 11) is 1.69. The summed E-state index contributed by atoms with van der Waals surface area (Å²) in [5.41, 5.74) is 2.15. The van der Waals surface area contributed by atoms with Crippen LogP contribution in [0.4, 0.5) is 5.69 Å². The van der Waals surface area contributed by atoms with Crippen molar-refractivity contribution in [2.45, 2.75) is 19.9 Å². The lowest BCUT2D eigenvalue weighted by molar-refractivity contribution is -0.384. The predicted molar refractivity (Wildman–Crippen MR) is 95.9 cm³/mol. The Kier molecular flexibility index (Phi) is 6.36. The Morgan fingerprint density at radius 1 is 1.20 bits per heavy atom. The minimum Gasteiger partial charge on any atom is -0.482 e. The molecule has 6 nitrogen and oxygen atoms in total. The highest BCUT2D eigenvalue weighted by Crippen LogP contribution is 2.28. The standard InChI is InChI=1S/C18H19ClN2O4/c1-3-13-4-6-14(7-5-13)11-20(2)18(22)12-25-17-9-8-15(21(23)24)10-16(17)19/h4-10H,3,11-12H2,1-2H3. The number of nitro groups is 1. The fourth-order valence-electron chi connectivity index (χ4n) is 2.21. The number of benzene rings is 2. The van der Waals surface area contributed by atoms with E-state index in [0.717, 1.165) is 12.0 Å². The van der Waals surface area contributed by atoms with E-state index in [4.69, 9.17) is 16.3 Å². The highest BCUT2D eigenvalue weighted by Gasteiger charge is 2.14. The summed E-state index contributed by atoms with van der Waals surface area (Å²) in [5.74, 6) is 0.0234. The third kappa shape index (κ3) is 5.19. The number of amides is 1. The molecule has 0 heterocycles. The number of nitro benzene ring substituents is 1. The van der Waals surface area contributed by atoms with E-state index in [0.29, 0.717) is 6.54 Å². The molecule has 2 aromatic rings. The second-order valence-corrected chi connectivity index (χ2v) is 5.99. The molecular formula is C18H19ClN2O4.